The van der Waals surface area contributed by atoms with Crippen molar-refractivity contribution in [3.63, 3.8) is 0 Å². The molecule has 24 heavy (non-hydrogen) atoms. The zero-order valence-corrected chi connectivity index (χ0v) is 13.2. The summed E-state index contributed by atoms with van der Waals surface area (Å²) >= 11 is 0. The van der Waals surface area contributed by atoms with E-state index < -0.39 is 0 Å². The third-order valence-electron chi connectivity index (χ3n) is 4.30. The standard InChI is InChI=1S/C19H19NO4/c21-17-7-6-15(16-11-19(24-20-16)8-9-22-13-19)10-18(17)23-12-14-4-2-1-3-5-14/h1-7,10-11,20-21H,8-9,12-13H2. The summed E-state index contributed by atoms with van der Waals surface area (Å²) in [7, 11) is 0. The van der Waals surface area contributed by atoms with Crippen molar-refractivity contribution in [3.05, 3.63) is 65.7 Å². The molecule has 1 unspecified atom stereocenters. The van der Waals surface area contributed by atoms with Crippen LogP contribution < -0.4 is 10.2 Å². The largest absolute Gasteiger partial charge is 0.504 e. The van der Waals surface area contributed by atoms with E-state index in [4.69, 9.17) is 14.3 Å². The molecule has 1 fully saturated rings. The molecular formula is C19H19NO4. The second kappa shape index (κ2) is 6.19. The van der Waals surface area contributed by atoms with E-state index in [0.29, 0.717) is 25.6 Å². The molecule has 0 amide bonds. The highest BCUT2D eigenvalue weighted by Crippen LogP contribution is 2.35. The number of phenols is 1. The van der Waals surface area contributed by atoms with Gasteiger partial charge in [-0.2, -0.15) is 0 Å². The normalized spacial score (nSPS) is 22.4. The smallest absolute Gasteiger partial charge is 0.162 e. The summed E-state index contributed by atoms with van der Waals surface area (Å²) in [6, 6.07) is 15.1. The monoisotopic (exact) mass is 325 g/mol. The molecule has 2 aliphatic heterocycles. The Morgan fingerprint density at radius 2 is 2.04 bits per heavy atom. The minimum atomic E-state index is -0.377. The van der Waals surface area contributed by atoms with E-state index in [1.807, 2.05) is 48.5 Å². The van der Waals surface area contributed by atoms with Crippen molar-refractivity contribution in [2.45, 2.75) is 18.6 Å². The summed E-state index contributed by atoms with van der Waals surface area (Å²) in [6.07, 6.45) is 2.88. The topological polar surface area (TPSA) is 60.0 Å². The predicted octanol–water partition coefficient (Wildman–Crippen LogP) is 3.01. The molecule has 0 saturated carbocycles. The van der Waals surface area contributed by atoms with Crippen LogP contribution in [0.25, 0.3) is 5.70 Å². The van der Waals surface area contributed by atoms with Gasteiger partial charge in [0, 0.05) is 18.6 Å². The minimum absolute atomic E-state index is 0.119. The van der Waals surface area contributed by atoms with Gasteiger partial charge in [0.1, 0.15) is 12.2 Å². The number of aromatic hydroxyl groups is 1. The quantitative estimate of drug-likeness (QED) is 0.905. The van der Waals surface area contributed by atoms with Crippen molar-refractivity contribution in [1.29, 1.82) is 0 Å². The van der Waals surface area contributed by atoms with Crippen LogP contribution in [0.3, 0.4) is 0 Å². The third kappa shape index (κ3) is 2.96. The number of ether oxygens (including phenoxy) is 2. The van der Waals surface area contributed by atoms with Crippen molar-refractivity contribution in [2.75, 3.05) is 13.2 Å². The van der Waals surface area contributed by atoms with Gasteiger partial charge in [0.05, 0.1) is 12.3 Å². The number of hydrogen-bond donors (Lipinski definition) is 2. The predicted molar refractivity (Wildman–Crippen MR) is 89.2 cm³/mol. The van der Waals surface area contributed by atoms with Gasteiger partial charge in [-0.3, -0.25) is 10.3 Å². The molecule has 5 heteroatoms. The molecule has 2 aliphatic rings. The fourth-order valence-electron chi connectivity index (χ4n) is 2.91. The average molecular weight is 325 g/mol. The number of hydroxylamine groups is 1. The van der Waals surface area contributed by atoms with E-state index in [1.54, 1.807) is 6.07 Å². The Morgan fingerprint density at radius 3 is 2.83 bits per heavy atom. The Labute approximate surface area is 140 Å². The summed E-state index contributed by atoms with van der Waals surface area (Å²) in [6.45, 7) is 1.66. The molecule has 2 aromatic rings. The molecule has 4 rings (SSSR count). The van der Waals surface area contributed by atoms with Crippen molar-refractivity contribution >= 4 is 5.70 Å². The van der Waals surface area contributed by atoms with Crippen LogP contribution >= 0.6 is 0 Å². The van der Waals surface area contributed by atoms with Gasteiger partial charge in [0.25, 0.3) is 0 Å². The molecule has 0 bridgehead atoms. The first kappa shape index (κ1) is 15.1. The summed E-state index contributed by atoms with van der Waals surface area (Å²) in [4.78, 5) is 5.70. The molecular weight excluding hydrogens is 306 g/mol. The molecule has 2 heterocycles. The summed E-state index contributed by atoms with van der Waals surface area (Å²) < 4.78 is 11.2. The maximum Gasteiger partial charge on any atom is 0.162 e. The Balaban J connectivity index is 1.53. The van der Waals surface area contributed by atoms with Crippen molar-refractivity contribution < 1.29 is 19.4 Å². The fraction of sp³-hybridized carbons (Fsp3) is 0.263. The lowest BCUT2D eigenvalue weighted by atomic mass is 10.0. The van der Waals surface area contributed by atoms with Crippen LogP contribution in [-0.4, -0.2) is 23.9 Å². The van der Waals surface area contributed by atoms with Crippen molar-refractivity contribution in [3.8, 4) is 11.5 Å². The first-order valence-corrected chi connectivity index (χ1v) is 7.99. The van der Waals surface area contributed by atoms with Crippen LogP contribution in [0.15, 0.2) is 54.6 Å². The number of rotatable bonds is 4. The lowest BCUT2D eigenvalue weighted by molar-refractivity contribution is -0.0373. The van der Waals surface area contributed by atoms with Crippen LogP contribution in [-0.2, 0) is 16.2 Å². The maximum atomic E-state index is 10.0. The third-order valence-corrected chi connectivity index (χ3v) is 4.30. The van der Waals surface area contributed by atoms with E-state index in [2.05, 4.69) is 5.48 Å². The highest BCUT2D eigenvalue weighted by molar-refractivity contribution is 5.68. The number of hydrogen-bond acceptors (Lipinski definition) is 5. The van der Waals surface area contributed by atoms with E-state index >= 15 is 0 Å². The SMILES string of the molecule is Oc1ccc(C2=CC3(CCOC3)ON2)cc1OCc1ccccc1. The summed E-state index contributed by atoms with van der Waals surface area (Å²) in [5, 5.41) is 10.0. The van der Waals surface area contributed by atoms with Gasteiger partial charge in [0.2, 0.25) is 0 Å². The first-order valence-electron chi connectivity index (χ1n) is 7.99. The highest BCUT2D eigenvalue weighted by atomic mass is 16.7. The van der Waals surface area contributed by atoms with Crippen LogP contribution in [0, 0.1) is 0 Å². The Bertz CT molecular complexity index is 751. The van der Waals surface area contributed by atoms with Gasteiger partial charge in [0.15, 0.2) is 11.5 Å². The molecule has 0 radical (unpaired) electrons. The lowest BCUT2D eigenvalue weighted by Gasteiger charge is -2.15. The van der Waals surface area contributed by atoms with Crippen LogP contribution in [0.5, 0.6) is 11.5 Å². The van der Waals surface area contributed by atoms with Gasteiger partial charge >= 0.3 is 0 Å². The van der Waals surface area contributed by atoms with Crippen LogP contribution in [0.2, 0.25) is 0 Å². The molecule has 0 aliphatic carbocycles. The number of benzene rings is 2. The Hall–Kier alpha value is -2.50. The van der Waals surface area contributed by atoms with Crippen molar-refractivity contribution in [1.82, 2.24) is 5.48 Å². The van der Waals surface area contributed by atoms with Gasteiger partial charge in [-0.25, -0.2) is 0 Å². The average Bonchev–Trinajstić information content (AvgIpc) is 3.25. The lowest BCUT2D eigenvalue weighted by Crippen LogP contribution is -2.29. The molecule has 2 aromatic carbocycles. The molecule has 1 spiro atoms. The van der Waals surface area contributed by atoms with Gasteiger partial charge in [-0.1, -0.05) is 30.3 Å². The molecule has 1 saturated heterocycles. The second-order valence-electron chi connectivity index (χ2n) is 6.09. The molecule has 5 nitrogen and oxygen atoms in total. The molecule has 0 aromatic heterocycles. The first-order chi connectivity index (χ1) is 11.7. The van der Waals surface area contributed by atoms with E-state index in [-0.39, 0.29) is 11.4 Å². The summed E-state index contributed by atoms with van der Waals surface area (Å²) in [5.74, 6) is 0.566. The molecule has 1 atom stereocenters. The summed E-state index contributed by atoms with van der Waals surface area (Å²) in [5.41, 5.74) is 5.41. The fourth-order valence-corrected chi connectivity index (χ4v) is 2.91. The van der Waals surface area contributed by atoms with Crippen LogP contribution in [0.4, 0.5) is 0 Å². The Kier molecular flexibility index (Phi) is 3.88. The molecule has 124 valence electrons. The van der Waals surface area contributed by atoms with E-state index in [9.17, 15) is 5.11 Å². The van der Waals surface area contributed by atoms with Gasteiger partial charge in [-0.15, -0.1) is 0 Å². The number of phenolic OH excluding ortho intramolecular Hbond substituents is 1. The maximum absolute atomic E-state index is 10.0. The highest BCUT2D eigenvalue weighted by Gasteiger charge is 2.39. The van der Waals surface area contributed by atoms with Crippen molar-refractivity contribution in [2.24, 2.45) is 0 Å². The zero-order valence-electron chi connectivity index (χ0n) is 13.2. The Morgan fingerprint density at radius 1 is 1.17 bits per heavy atom. The van der Waals surface area contributed by atoms with Crippen LogP contribution in [0.1, 0.15) is 17.5 Å². The van der Waals surface area contributed by atoms with Gasteiger partial charge < -0.3 is 14.6 Å². The van der Waals surface area contributed by atoms with E-state index in [0.717, 1.165) is 23.2 Å². The second-order valence-corrected chi connectivity index (χ2v) is 6.09. The van der Waals surface area contributed by atoms with Gasteiger partial charge in [-0.05, 0) is 29.8 Å². The number of nitrogens with one attached hydrogen (secondary N) is 1. The zero-order chi connectivity index (χ0) is 16.4. The van der Waals surface area contributed by atoms with E-state index in [1.165, 1.54) is 0 Å². The minimum Gasteiger partial charge on any atom is -0.504 e. The molecule has 2 N–H and O–H groups in total.